The first-order valence-corrected chi connectivity index (χ1v) is 10.6. The molecule has 1 heterocycles. The third-order valence-electron chi connectivity index (χ3n) is 5.25. The van der Waals surface area contributed by atoms with Gasteiger partial charge in [0.1, 0.15) is 11.6 Å². The van der Waals surface area contributed by atoms with Gasteiger partial charge in [-0.15, -0.1) is 0 Å². The van der Waals surface area contributed by atoms with E-state index in [1.54, 1.807) is 6.07 Å². The van der Waals surface area contributed by atoms with Gasteiger partial charge in [-0.1, -0.05) is 38.1 Å². The Morgan fingerprint density at radius 2 is 1.88 bits per heavy atom. The van der Waals surface area contributed by atoms with Crippen LogP contribution in [0.3, 0.4) is 0 Å². The molecular formula is C26H27F2N3O. The van der Waals surface area contributed by atoms with E-state index in [0.29, 0.717) is 22.5 Å². The molecule has 0 fully saturated rings. The van der Waals surface area contributed by atoms with Crippen molar-refractivity contribution in [2.75, 3.05) is 6.54 Å². The summed E-state index contributed by atoms with van der Waals surface area (Å²) >= 11 is 0. The normalized spacial score (nSPS) is 11.8. The molecule has 0 saturated heterocycles. The molecule has 4 nitrogen and oxygen atoms in total. The van der Waals surface area contributed by atoms with E-state index in [-0.39, 0.29) is 11.1 Å². The number of aromatic nitrogens is 2. The zero-order chi connectivity index (χ0) is 23.3. The van der Waals surface area contributed by atoms with Gasteiger partial charge in [-0.25, -0.2) is 8.78 Å². The van der Waals surface area contributed by atoms with E-state index in [9.17, 15) is 13.6 Å². The summed E-state index contributed by atoms with van der Waals surface area (Å²) < 4.78 is 29.4. The topological polar surface area (TPSA) is 46.9 Å². The van der Waals surface area contributed by atoms with Gasteiger partial charge in [0.25, 0.3) is 5.56 Å². The van der Waals surface area contributed by atoms with Crippen molar-refractivity contribution in [1.82, 2.24) is 15.1 Å². The Balaban J connectivity index is 2.17. The summed E-state index contributed by atoms with van der Waals surface area (Å²) in [5, 5.41) is 7.94. The van der Waals surface area contributed by atoms with E-state index in [0.717, 1.165) is 36.7 Å². The predicted octanol–water partition coefficient (Wildman–Crippen LogP) is 5.65. The Morgan fingerprint density at radius 1 is 1.12 bits per heavy atom. The Kier molecular flexibility index (Phi) is 7.36. The number of para-hydroxylation sites is 1. The van der Waals surface area contributed by atoms with E-state index in [1.807, 2.05) is 38.1 Å². The van der Waals surface area contributed by atoms with Gasteiger partial charge < -0.3 is 5.32 Å². The molecule has 0 amide bonds. The first-order chi connectivity index (χ1) is 15.3. The van der Waals surface area contributed by atoms with Crippen molar-refractivity contribution in [3.05, 3.63) is 106 Å². The second-order valence-electron chi connectivity index (χ2n) is 7.64. The monoisotopic (exact) mass is 435 g/mol. The number of hydrogen-bond donors (Lipinski definition) is 1. The standard InChI is InChI=1S/C26H27F2N3O/c1-5-6-15-29-19(4)26(18(3)21-12-11-20(27)16-22(21)28)23-13-14-25(32)31(30-23)24-10-8-7-9-17(24)2/h7-14,16,29H,3,5-6,15H2,1-2,4H3/b26-19-. The predicted molar refractivity (Wildman–Crippen MR) is 125 cm³/mol. The van der Waals surface area contributed by atoms with Crippen LogP contribution in [0.5, 0.6) is 0 Å². The quantitative estimate of drug-likeness (QED) is 0.367. The molecule has 1 N–H and O–H groups in total. The molecule has 0 unspecified atom stereocenters. The van der Waals surface area contributed by atoms with E-state index in [2.05, 4.69) is 23.9 Å². The average Bonchev–Trinajstić information content (AvgIpc) is 2.75. The fourth-order valence-electron chi connectivity index (χ4n) is 3.50. The van der Waals surface area contributed by atoms with Gasteiger partial charge in [-0.3, -0.25) is 4.79 Å². The first kappa shape index (κ1) is 23.1. The molecule has 3 rings (SSSR count). The molecule has 0 aliphatic rings. The summed E-state index contributed by atoms with van der Waals surface area (Å²) in [7, 11) is 0. The summed E-state index contributed by atoms with van der Waals surface area (Å²) in [4.78, 5) is 12.6. The lowest BCUT2D eigenvalue weighted by molar-refractivity contribution is 0.581. The molecule has 32 heavy (non-hydrogen) atoms. The smallest absolute Gasteiger partial charge is 0.271 e. The molecule has 0 aliphatic heterocycles. The number of hydrogen-bond acceptors (Lipinski definition) is 3. The average molecular weight is 436 g/mol. The minimum Gasteiger partial charge on any atom is -0.388 e. The number of unbranched alkanes of at least 4 members (excludes halogenated alkanes) is 1. The second-order valence-corrected chi connectivity index (χ2v) is 7.64. The minimum atomic E-state index is -0.707. The van der Waals surface area contributed by atoms with Crippen LogP contribution in [-0.4, -0.2) is 16.3 Å². The Bertz CT molecular complexity index is 1230. The molecular weight excluding hydrogens is 408 g/mol. The second kappa shape index (κ2) is 10.2. The van der Waals surface area contributed by atoms with Gasteiger partial charge in [0.15, 0.2) is 0 Å². The van der Waals surface area contributed by atoms with Crippen molar-refractivity contribution in [3.8, 4) is 5.69 Å². The lowest BCUT2D eigenvalue weighted by Gasteiger charge is -2.18. The van der Waals surface area contributed by atoms with Crippen LogP contribution in [-0.2, 0) is 0 Å². The summed E-state index contributed by atoms with van der Waals surface area (Å²) in [6.45, 7) is 10.7. The highest BCUT2D eigenvalue weighted by Crippen LogP contribution is 2.32. The third kappa shape index (κ3) is 5.02. The van der Waals surface area contributed by atoms with E-state index < -0.39 is 11.6 Å². The van der Waals surface area contributed by atoms with Crippen LogP contribution in [0.25, 0.3) is 16.8 Å². The maximum Gasteiger partial charge on any atom is 0.271 e. The number of aryl methyl sites for hydroxylation is 1. The molecule has 6 heteroatoms. The number of allylic oxidation sites excluding steroid dienone is 3. The Hall–Kier alpha value is -3.54. The Labute approximate surface area is 186 Å². The van der Waals surface area contributed by atoms with Crippen molar-refractivity contribution in [1.29, 1.82) is 0 Å². The van der Waals surface area contributed by atoms with Crippen LogP contribution >= 0.6 is 0 Å². The number of nitrogens with one attached hydrogen (secondary N) is 1. The number of benzene rings is 2. The molecule has 0 atom stereocenters. The van der Waals surface area contributed by atoms with Crippen LogP contribution < -0.4 is 10.9 Å². The minimum absolute atomic E-state index is 0.175. The molecule has 0 radical (unpaired) electrons. The summed E-state index contributed by atoms with van der Waals surface area (Å²) in [6, 6.07) is 13.9. The van der Waals surface area contributed by atoms with Gasteiger partial charge >= 0.3 is 0 Å². The van der Waals surface area contributed by atoms with Crippen LogP contribution in [0.4, 0.5) is 8.78 Å². The highest BCUT2D eigenvalue weighted by molar-refractivity contribution is 6.04. The molecule has 0 spiro atoms. The third-order valence-corrected chi connectivity index (χ3v) is 5.25. The maximum absolute atomic E-state index is 14.6. The van der Waals surface area contributed by atoms with Crippen LogP contribution in [0.1, 0.15) is 43.5 Å². The lowest BCUT2D eigenvalue weighted by Crippen LogP contribution is -2.23. The van der Waals surface area contributed by atoms with Crippen molar-refractivity contribution in [2.24, 2.45) is 0 Å². The zero-order valence-electron chi connectivity index (χ0n) is 18.6. The summed E-state index contributed by atoms with van der Waals surface area (Å²) in [5.41, 5.74) is 3.57. The number of nitrogens with zero attached hydrogens (tertiary/aromatic N) is 2. The highest BCUT2D eigenvalue weighted by atomic mass is 19.1. The van der Waals surface area contributed by atoms with Gasteiger partial charge in [-0.2, -0.15) is 9.78 Å². The molecule has 0 aliphatic carbocycles. The summed E-state index contributed by atoms with van der Waals surface area (Å²) in [6.07, 6.45) is 1.97. The summed E-state index contributed by atoms with van der Waals surface area (Å²) in [5.74, 6) is -1.37. The molecule has 1 aromatic heterocycles. The molecule has 166 valence electrons. The number of rotatable bonds is 8. The van der Waals surface area contributed by atoms with Crippen molar-refractivity contribution in [3.63, 3.8) is 0 Å². The number of halogens is 2. The maximum atomic E-state index is 14.6. The van der Waals surface area contributed by atoms with Crippen molar-refractivity contribution < 1.29 is 8.78 Å². The fourth-order valence-corrected chi connectivity index (χ4v) is 3.50. The van der Waals surface area contributed by atoms with E-state index >= 15 is 0 Å². The highest BCUT2D eigenvalue weighted by Gasteiger charge is 2.18. The molecule has 3 aromatic rings. The van der Waals surface area contributed by atoms with Crippen molar-refractivity contribution in [2.45, 2.75) is 33.6 Å². The van der Waals surface area contributed by atoms with Crippen LogP contribution in [0.2, 0.25) is 0 Å². The molecule has 0 bridgehead atoms. The molecule has 0 saturated carbocycles. The zero-order valence-corrected chi connectivity index (χ0v) is 18.6. The van der Waals surface area contributed by atoms with Gasteiger partial charge in [0, 0.05) is 35.5 Å². The first-order valence-electron chi connectivity index (χ1n) is 10.6. The fraction of sp³-hybridized carbons (Fsp3) is 0.231. The van der Waals surface area contributed by atoms with E-state index in [4.69, 9.17) is 0 Å². The Morgan fingerprint density at radius 3 is 2.56 bits per heavy atom. The molecule has 2 aromatic carbocycles. The van der Waals surface area contributed by atoms with Gasteiger partial charge in [-0.05, 0) is 55.7 Å². The van der Waals surface area contributed by atoms with Crippen molar-refractivity contribution >= 4 is 11.1 Å². The van der Waals surface area contributed by atoms with Gasteiger partial charge in [0.05, 0.1) is 11.4 Å². The van der Waals surface area contributed by atoms with E-state index in [1.165, 1.54) is 22.9 Å². The van der Waals surface area contributed by atoms with Crippen LogP contribution in [0.15, 0.2) is 71.7 Å². The lowest BCUT2D eigenvalue weighted by atomic mass is 9.94. The van der Waals surface area contributed by atoms with Gasteiger partial charge in [0.2, 0.25) is 0 Å². The largest absolute Gasteiger partial charge is 0.388 e. The van der Waals surface area contributed by atoms with Crippen LogP contribution in [0, 0.1) is 18.6 Å². The SMILES string of the molecule is C=C(/C(=C(\C)NCCCC)c1ccc(=O)n(-c2ccccc2C)n1)c1ccc(F)cc1F.